The average Bonchev–Trinajstić information content (AvgIpc) is 2.49. The molecule has 2 N–H and O–H groups in total. The molecule has 2 atom stereocenters. The first-order valence-corrected chi connectivity index (χ1v) is 9.64. The third kappa shape index (κ3) is 5.56. The van der Waals surface area contributed by atoms with Crippen LogP contribution in [-0.4, -0.2) is 27.9 Å². The molecular weight excluding hydrogens is 346 g/mol. The molecule has 0 radical (unpaired) electrons. The van der Waals surface area contributed by atoms with E-state index in [9.17, 15) is 9.59 Å². The van der Waals surface area contributed by atoms with Crippen LogP contribution in [0.5, 0.6) is 0 Å². The summed E-state index contributed by atoms with van der Waals surface area (Å²) in [6.07, 6.45) is 10.9. The van der Waals surface area contributed by atoms with Crippen LogP contribution >= 0.6 is 15.9 Å². The Balaban J connectivity index is 1.66. The Morgan fingerprint density at radius 1 is 1.05 bits per heavy atom. The summed E-state index contributed by atoms with van der Waals surface area (Å²) >= 11 is 3.66. The van der Waals surface area contributed by atoms with E-state index in [1.165, 1.54) is 6.42 Å². The number of hydrogen-bond acceptors (Lipinski definition) is 2. The number of alkyl halides is 1. The molecule has 4 nitrogen and oxygen atoms in total. The van der Waals surface area contributed by atoms with Gasteiger partial charge < -0.3 is 10.4 Å². The predicted molar refractivity (Wildman–Crippen MR) is 90.0 cm³/mol. The number of amides is 1. The molecule has 22 heavy (non-hydrogen) atoms. The van der Waals surface area contributed by atoms with E-state index in [1.807, 2.05) is 0 Å². The van der Waals surface area contributed by atoms with Gasteiger partial charge in [-0.15, -0.1) is 0 Å². The Morgan fingerprint density at radius 3 is 2.36 bits per heavy atom. The molecule has 0 spiro atoms. The van der Waals surface area contributed by atoms with Crippen molar-refractivity contribution in [1.82, 2.24) is 5.32 Å². The summed E-state index contributed by atoms with van der Waals surface area (Å²) < 4.78 is 0. The fraction of sp³-hybridized carbons (Fsp3) is 0.882. The van der Waals surface area contributed by atoms with Crippen LogP contribution in [0.2, 0.25) is 0 Å². The smallest absolute Gasteiger partial charge is 0.303 e. The molecule has 0 aliphatic heterocycles. The van der Waals surface area contributed by atoms with Crippen LogP contribution in [0.25, 0.3) is 0 Å². The second-order valence-electron chi connectivity index (χ2n) is 6.92. The molecule has 0 aromatic rings. The van der Waals surface area contributed by atoms with Gasteiger partial charge in [0.15, 0.2) is 0 Å². The first kappa shape index (κ1) is 17.8. The fourth-order valence-electron chi connectivity index (χ4n) is 3.83. The van der Waals surface area contributed by atoms with Crippen molar-refractivity contribution in [3.05, 3.63) is 0 Å². The standard InChI is InChI=1S/C17H28BrNO3/c18-15-6-2-1-5-14(15)17(22)19-13-10-8-12(9-11-13)4-3-7-16(20)21/h12-15H,1-11H2,(H,19,22)(H,20,21). The molecule has 1 amide bonds. The molecule has 0 heterocycles. The van der Waals surface area contributed by atoms with Gasteiger partial charge in [-0.2, -0.15) is 0 Å². The summed E-state index contributed by atoms with van der Waals surface area (Å²) in [7, 11) is 0. The fourth-order valence-corrected chi connectivity index (χ4v) is 4.65. The molecule has 0 saturated heterocycles. The van der Waals surface area contributed by atoms with Gasteiger partial charge in [0.25, 0.3) is 0 Å². The number of rotatable bonds is 6. The van der Waals surface area contributed by atoms with E-state index in [1.54, 1.807) is 0 Å². The van der Waals surface area contributed by atoms with Gasteiger partial charge in [0.05, 0.1) is 5.92 Å². The van der Waals surface area contributed by atoms with Gasteiger partial charge >= 0.3 is 5.97 Å². The maximum absolute atomic E-state index is 12.4. The molecule has 0 aromatic heterocycles. The Bertz CT molecular complexity index is 380. The van der Waals surface area contributed by atoms with E-state index in [-0.39, 0.29) is 18.2 Å². The van der Waals surface area contributed by atoms with Gasteiger partial charge in [0.2, 0.25) is 5.91 Å². The lowest BCUT2D eigenvalue weighted by Crippen LogP contribution is -2.44. The average molecular weight is 374 g/mol. The third-order valence-electron chi connectivity index (χ3n) is 5.21. The minimum Gasteiger partial charge on any atom is -0.481 e. The topological polar surface area (TPSA) is 66.4 Å². The third-order valence-corrected chi connectivity index (χ3v) is 6.31. The van der Waals surface area contributed by atoms with Crippen LogP contribution in [0.15, 0.2) is 0 Å². The molecule has 2 unspecified atom stereocenters. The van der Waals surface area contributed by atoms with Gasteiger partial charge in [-0.3, -0.25) is 9.59 Å². The molecule has 2 saturated carbocycles. The van der Waals surface area contributed by atoms with E-state index in [0.717, 1.165) is 57.8 Å². The zero-order valence-corrected chi connectivity index (χ0v) is 14.8. The van der Waals surface area contributed by atoms with Crippen LogP contribution in [-0.2, 0) is 9.59 Å². The lowest BCUT2D eigenvalue weighted by molar-refractivity contribution is -0.137. The van der Waals surface area contributed by atoms with Crippen LogP contribution < -0.4 is 5.32 Å². The highest BCUT2D eigenvalue weighted by atomic mass is 79.9. The zero-order chi connectivity index (χ0) is 15.9. The highest BCUT2D eigenvalue weighted by molar-refractivity contribution is 9.09. The lowest BCUT2D eigenvalue weighted by atomic mass is 9.82. The number of halogens is 1. The first-order valence-electron chi connectivity index (χ1n) is 8.72. The summed E-state index contributed by atoms with van der Waals surface area (Å²) in [5, 5.41) is 11.9. The van der Waals surface area contributed by atoms with Crippen LogP contribution in [0.1, 0.15) is 70.6 Å². The van der Waals surface area contributed by atoms with Crippen LogP contribution in [0.4, 0.5) is 0 Å². The molecule has 0 bridgehead atoms. The number of nitrogens with one attached hydrogen (secondary N) is 1. The van der Waals surface area contributed by atoms with Crippen LogP contribution in [0, 0.1) is 11.8 Å². The molecule has 2 aliphatic rings. The molecule has 5 heteroatoms. The summed E-state index contributed by atoms with van der Waals surface area (Å²) in [5.41, 5.74) is 0. The summed E-state index contributed by atoms with van der Waals surface area (Å²) in [6, 6.07) is 0.324. The Labute approximate surface area is 141 Å². The molecular formula is C17H28BrNO3. The summed E-state index contributed by atoms with van der Waals surface area (Å²) in [5.74, 6) is 0.321. The highest BCUT2D eigenvalue weighted by Crippen LogP contribution is 2.32. The highest BCUT2D eigenvalue weighted by Gasteiger charge is 2.31. The summed E-state index contributed by atoms with van der Waals surface area (Å²) in [4.78, 5) is 23.3. The largest absolute Gasteiger partial charge is 0.481 e. The quantitative estimate of drug-likeness (QED) is 0.694. The van der Waals surface area contributed by atoms with Gasteiger partial charge in [0, 0.05) is 17.3 Å². The Hall–Kier alpha value is -0.580. The van der Waals surface area contributed by atoms with Crippen LogP contribution in [0.3, 0.4) is 0 Å². The molecule has 2 rings (SSSR count). The number of hydrogen-bond donors (Lipinski definition) is 2. The molecule has 2 aliphatic carbocycles. The van der Waals surface area contributed by atoms with Gasteiger partial charge in [-0.25, -0.2) is 0 Å². The lowest BCUT2D eigenvalue weighted by Gasteiger charge is -2.32. The maximum Gasteiger partial charge on any atom is 0.303 e. The minimum atomic E-state index is -0.697. The van der Waals surface area contributed by atoms with Gasteiger partial charge in [-0.1, -0.05) is 28.8 Å². The SMILES string of the molecule is O=C(O)CCCC1CCC(NC(=O)C2CCCCC2Br)CC1. The molecule has 2 fully saturated rings. The summed E-state index contributed by atoms with van der Waals surface area (Å²) in [6.45, 7) is 0. The van der Waals surface area contributed by atoms with Crippen molar-refractivity contribution in [3.63, 3.8) is 0 Å². The first-order chi connectivity index (χ1) is 10.6. The number of carbonyl (C=O) groups excluding carboxylic acids is 1. The van der Waals surface area contributed by atoms with E-state index < -0.39 is 5.97 Å². The van der Waals surface area contributed by atoms with Gasteiger partial charge in [0.1, 0.15) is 0 Å². The second kappa shape index (κ2) is 8.90. The molecule has 126 valence electrons. The number of aliphatic carboxylic acids is 1. The van der Waals surface area contributed by atoms with E-state index in [2.05, 4.69) is 21.2 Å². The number of carbonyl (C=O) groups is 2. The Morgan fingerprint density at radius 2 is 1.73 bits per heavy atom. The van der Waals surface area contributed by atoms with Gasteiger partial charge in [-0.05, 0) is 57.3 Å². The minimum absolute atomic E-state index is 0.141. The normalized spacial score (nSPS) is 32.4. The van der Waals surface area contributed by atoms with Crippen molar-refractivity contribution in [1.29, 1.82) is 0 Å². The van der Waals surface area contributed by atoms with Crippen molar-refractivity contribution in [3.8, 4) is 0 Å². The van der Waals surface area contributed by atoms with Crippen molar-refractivity contribution in [2.45, 2.75) is 81.5 Å². The monoisotopic (exact) mass is 373 g/mol. The zero-order valence-electron chi connectivity index (χ0n) is 13.2. The van der Waals surface area contributed by atoms with E-state index in [4.69, 9.17) is 5.11 Å². The van der Waals surface area contributed by atoms with Crippen molar-refractivity contribution < 1.29 is 14.7 Å². The maximum atomic E-state index is 12.4. The van der Waals surface area contributed by atoms with E-state index >= 15 is 0 Å². The van der Waals surface area contributed by atoms with Crippen molar-refractivity contribution in [2.24, 2.45) is 11.8 Å². The van der Waals surface area contributed by atoms with Crippen molar-refractivity contribution >= 4 is 27.8 Å². The van der Waals surface area contributed by atoms with Crippen molar-refractivity contribution in [2.75, 3.05) is 0 Å². The number of carboxylic acids is 1. The number of carboxylic acid groups (broad SMARTS) is 1. The predicted octanol–water partition coefficient (Wildman–Crippen LogP) is 3.87. The second-order valence-corrected chi connectivity index (χ2v) is 8.10. The Kier molecular flexibility index (Phi) is 7.19. The molecule has 0 aromatic carbocycles. The van der Waals surface area contributed by atoms with E-state index in [0.29, 0.717) is 16.8 Å².